The summed E-state index contributed by atoms with van der Waals surface area (Å²) in [5, 5.41) is 10.0. The van der Waals surface area contributed by atoms with Gasteiger partial charge in [0, 0.05) is 49.9 Å². The summed E-state index contributed by atoms with van der Waals surface area (Å²) in [5.74, 6) is -1.96. The Kier molecular flexibility index (Phi) is 8.44. The summed E-state index contributed by atoms with van der Waals surface area (Å²) in [6.07, 6.45) is 8.15. The zero-order chi connectivity index (χ0) is 26.7. The van der Waals surface area contributed by atoms with E-state index in [2.05, 4.69) is 46.0 Å². The zero-order valence-electron chi connectivity index (χ0n) is 22.4. The fourth-order valence-corrected chi connectivity index (χ4v) is 6.60. The standard InChI is InChI=1S/C31H41F2N3O2/c1-22-4-2-5-25(16-22)28-21-36(29(30(37)38)17-24-7-8-24)20-26(28)19-35-14-10-23(11-15-35)9-12-31(32,33)27-6-3-13-34-18-27/h2-6,13,16,18,23-24,26,28-29H,7-12,14-15,17,19-21H2,1H3,(H,37,38)/t26-,28+,29+/m0/s1. The number of carbonyl (C=O) groups is 1. The van der Waals surface area contributed by atoms with Crippen LogP contribution in [0.15, 0.2) is 48.8 Å². The Bertz CT molecular complexity index is 1070. The number of benzene rings is 1. The Morgan fingerprint density at radius 2 is 1.89 bits per heavy atom. The summed E-state index contributed by atoms with van der Waals surface area (Å²) in [4.78, 5) is 20.8. The Morgan fingerprint density at radius 3 is 2.55 bits per heavy atom. The summed E-state index contributed by atoms with van der Waals surface area (Å²) >= 11 is 0. The molecule has 0 radical (unpaired) electrons. The largest absolute Gasteiger partial charge is 0.480 e. The smallest absolute Gasteiger partial charge is 0.320 e. The van der Waals surface area contributed by atoms with Crippen molar-refractivity contribution >= 4 is 5.97 Å². The van der Waals surface area contributed by atoms with Crippen LogP contribution in [0.3, 0.4) is 0 Å². The monoisotopic (exact) mass is 525 g/mol. The highest BCUT2D eigenvalue weighted by Crippen LogP contribution is 2.40. The maximum absolute atomic E-state index is 14.6. The van der Waals surface area contributed by atoms with Gasteiger partial charge in [0.25, 0.3) is 5.92 Å². The minimum Gasteiger partial charge on any atom is -0.480 e. The van der Waals surface area contributed by atoms with E-state index < -0.39 is 17.9 Å². The fourth-order valence-electron chi connectivity index (χ4n) is 6.60. The maximum Gasteiger partial charge on any atom is 0.320 e. The van der Waals surface area contributed by atoms with E-state index in [9.17, 15) is 18.7 Å². The van der Waals surface area contributed by atoms with Crippen LogP contribution in [0.25, 0.3) is 0 Å². The van der Waals surface area contributed by atoms with Crippen molar-refractivity contribution in [2.45, 2.75) is 69.8 Å². The van der Waals surface area contributed by atoms with Crippen LogP contribution in [0.5, 0.6) is 0 Å². The van der Waals surface area contributed by atoms with Gasteiger partial charge in [-0.15, -0.1) is 0 Å². The van der Waals surface area contributed by atoms with Gasteiger partial charge < -0.3 is 10.0 Å². The lowest BCUT2D eigenvalue weighted by Crippen LogP contribution is -2.42. The number of piperidine rings is 1. The molecular weight excluding hydrogens is 484 g/mol. The highest BCUT2D eigenvalue weighted by Gasteiger charge is 2.42. The number of halogens is 2. The molecule has 206 valence electrons. The van der Waals surface area contributed by atoms with Crippen molar-refractivity contribution in [1.82, 2.24) is 14.8 Å². The first-order valence-corrected chi connectivity index (χ1v) is 14.3. The van der Waals surface area contributed by atoms with Crippen molar-refractivity contribution in [3.63, 3.8) is 0 Å². The van der Waals surface area contributed by atoms with Crippen LogP contribution in [0.2, 0.25) is 0 Å². The van der Waals surface area contributed by atoms with Crippen LogP contribution in [0, 0.1) is 24.7 Å². The number of nitrogens with zero attached hydrogens (tertiary/aromatic N) is 3. The number of carboxylic acids is 1. The molecule has 0 bridgehead atoms. The third-order valence-electron chi connectivity index (χ3n) is 9.07. The lowest BCUT2D eigenvalue weighted by atomic mass is 9.86. The summed E-state index contributed by atoms with van der Waals surface area (Å²) < 4.78 is 29.3. The number of hydrogen-bond donors (Lipinski definition) is 1. The van der Waals surface area contributed by atoms with E-state index in [-0.39, 0.29) is 12.0 Å². The van der Waals surface area contributed by atoms with E-state index in [1.54, 1.807) is 6.07 Å². The first-order valence-electron chi connectivity index (χ1n) is 14.3. The fraction of sp³-hybridized carbons (Fsp3) is 0.613. The molecule has 3 heterocycles. The molecule has 3 aliphatic rings. The molecular formula is C31H41F2N3O2. The molecule has 0 unspecified atom stereocenters. The van der Waals surface area contributed by atoms with E-state index in [1.807, 2.05) is 0 Å². The van der Waals surface area contributed by atoms with Crippen molar-refractivity contribution in [2.24, 2.45) is 17.8 Å². The second-order valence-electron chi connectivity index (χ2n) is 12.0. The average molecular weight is 526 g/mol. The number of aliphatic carboxylic acids is 1. The van der Waals surface area contributed by atoms with Crippen molar-refractivity contribution in [1.29, 1.82) is 0 Å². The van der Waals surface area contributed by atoms with Gasteiger partial charge in [-0.3, -0.25) is 14.7 Å². The lowest BCUT2D eigenvalue weighted by Gasteiger charge is -2.35. The van der Waals surface area contributed by atoms with Gasteiger partial charge in [0.2, 0.25) is 0 Å². The Labute approximate surface area is 225 Å². The SMILES string of the molecule is Cc1cccc([C@H]2CN([C@H](CC3CC3)C(=O)O)C[C@@H]2CN2CCC(CCC(F)(F)c3cccnc3)CC2)c1. The zero-order valence-corrected chi connectivity index (χ0v) is 22.4. The minimum absolute atomic E-state index is 0.00626. The number of carboxylic acid groups (broad SMARTS) is 1. The van der Waals surface area contributed by atoms with Gasteiger partial charge >= 0.3 is 5.97 Å². The minimum atomic E-state index is -2.83. The second-order valence-corrected chi connectivity index (χ2v) is 12.0. The molecule has 5 rings (SSSR count). The molecule has 38 heavy (non-hydrogen) atoms. The number of pyridine rings is 1. The molecule has 7 heteroatoms. The predicted octanol–water partition coefficient (Wildman–Crippen LogP) is 5.94. The molecule has 1 aromatic carbocycles. The van der Waals surface area contributed by atoms with Crippen molar-refractivity contribution in [2.75, 3.05) is 32.7 Å². The van der Waals surface area contributed by atoms with Crippen molar-refractivity contribution < 1.29 is 18.7 Å². The summed E-state index contributed by atoms with van der Waals surface area (Å²) in [6.45, 7) is 6.48. The van der Waals surface area contributed by atoms with Crippen LogP contribution in [-0.2, 0) is 10.7 Å². The number of hydrogen-bond acceptors (Lipinski definition) is 4. The van der Waals surface area contributed by atoms with E-state index >= 15 is 0 Å². The second kappa shape index (κ2) is 11.8. The molecule has 2 aromatic rings. The van der Waals surface area contributed by atoms with E-state index in [1.165, 1.54) is 29.6 Å². The predicted molar refractivity (Wildman–Crippen MR) is 144 cm³/mol. The maximum atomic E-state index is 14.6. The van der Waals surface area contributed by atoms with Gasteiger partial charge in [-0.05, 0) is 81.1 Å². The summed E-state index contributed by atoms with van der Waals surface area (Å²) in [6, 6.07) is 11.3. The molecule has 2 aliphatic heterocycles. The van der Waals surface area contributed by atoms with Gasteiger partial charge in [-0.1, -0.05) is 42.7 Å². The number of likely N-dealkylation sites (tertiary alicyclic amines) is 2. The molecule has 1 aliphatic carbocycles. The van der Waals surface area contributed by atoms with E-state index in [4.69, 9.17) is 0 Å². The Hall–Kier alpha value is -2.38. The summed E-state index contributed by atoms with van der Waals surface area (Å²) in [5.41, 5.74) is 2.55. The lowest BCUT2D eigenvalue weighted by molar-refractivity contribution is -0.143. The third kappa shape index (κ3) is 6.78. The molecule has 5 nitrogen and oxygen atoms in total. The molecule has 1 aromatic heterocycles. The van der Waals surface area contributed by atoms with Gasteiger partial charge in [0.05, 0.1) is 0 Å². The Balaban J connectivity index is 1.18. The van der Waals surface area contributed by atoms with Gasteiger partial charge in [0.1, 0.15) is 6.04 Å². The molecule has 3 atom stereocenters. The summed E-state index contributed by atoms with van der Waals surface area (Å²) in [7, 11) is 0. The van der Waals surface area contributed by atoms with Crippen LogP contribution in [0.4, 0.5) is 8.78 Å². The number of rotatable bonds is 11. The number of aryl methyl sites for hydroxylation is 1. The third-order valence-corrected chi connectivity index (χ3v) is 9.07. The van der Waals surface area contributed by atoms with Gasteiger partial charge in [-0.2, -0.15) is 0 Å². The number of aromatic nitrogens is 1. The first-order chi connectivity index (χ1) is 18.3. The molecule has 1 N–H and O–H groups in total. The van der Waals surface area contributed by atoms with Crippen LogP contribution >= 0.6 is 0 Å². The topological polar surface area (TPSA) is 56.7 Å². The van der Waals surface area contributed by atoms with E-state index in [0.29, 0.717) is 30.1 Å². The molecule has 1 saturated carbocycles. The number of alkyl halides is 2. The van der Waals surface area contributed by atoms with Gasteiger partial charge in [0.15, 0.2) is 0 Å². The van der Waals surface area contributed by atoms with Crippen LogP contribution < -0.4 is 0 Å². The average Bonchev–Trinajstić information content (AvgIpc) is 3.65. The normalized spacial score (nSPS) is 24.5. The highest BCUT2D eigenvalue weighted by atomic mass is 19.3. The van der Waals surface area contributed by atoms with E-state index in [0.717, 1.165) is 64.8 Å². The van der Waals surface area contributed by atoms with Gasteiger partial charge in [-0.25, -0.2) is 8.78 Å². The molecule has 0 spiro atoms. The first kappa shape index (κ1) is 27.2. The highest BCUT2D eigenvalue weighted by molar-refractivity contribution is 5.73. The molecule has 3 fully saturated rings. The van der Waals surface area contributed by atoms with Crippen molar-refractivity contribution in [3.05, 3.63) is 65.5 Å². The van der Waals surface area contributed by atoms with Crippen LogP contribution in [0.1, 0.15) is 67.6 Å². The quantitative estimate of drug-likeness (QED) is 0.393. The molecule has 0 amide bonds. The van der Waals surface area contributed by atoms with Crippen molar-refractivity contribution in [3.8, 4) is 0 Å². The molecule has 2 saturated heterocycles. The Morgan fingerprint density at radius 1 is 1.11 bits per heavy atom. The van der Waals surface area contributed by atoms with Crippen LogP contribution in [-0.4, -0.2) is 64.6 Å².